The van der Waals surface area contributed by atoms with Crippen LogP contribution in [0.4, 0.5) is 0 Å². The zero-order chi connectivity index (χ0) is 17.7. The average molecular weight is 338 g/mol. The Labute approximate surface area is 147 Å². The highest BCUT2D eigenvalue weighted by molar-refractivity contribution is 5.79. The first kappa shape index (κ1) is 19.2. The van der Waals surface area contributed by atoms with E-state index in [1.165, 1.54) is 0 Å². The summed E-state index contributed by atoms with van der Waals surface area (Å²) in [6.45, 7) is 12.6. The molecule has 0 radical (unpaired) electrons. The molecule has 0 bridgehead atoms. The number of nitrogens with zero attached hydrogens (tertiary/aromatic N) is 2. The van der Waals surface area contributed by atoms with Gasteiger partial charge in [-0.3, -0.25) is 14.5 Å². The number of amides is 2. The highest BCUT2D eigenvalue weighted by atomic mass is 16.2. The summed E-state index contributed by atoms with van der Waals surface area (Å²) in [5.41, 5.74) is 0. The van der Waals surface area contributed by atoms with Gasteiger partial charge in [0.15, 0.2) is 0 Å². The molecule has 2 fully saturated rings. The van der Waals surface area contributed by atoms with Crippen LogP contribution in [0.5, 0.6) is 0 Å². The standard InChI is InChI=1S/C19H35N3O2/c1-14(2)16(4)20-18(23)13-21-9-7-17(8-10-21)19(24)22-11-5-15(3)6-12-22/h14-17H,5-13H2,1-4H3,(H,20,23). The second kappa shape index (κ2) is 8.84. The van der Waals surface area contributed by atoms with Gasteiger partial charge < -0.3 is 10.2 Å². The maximum Gasteiger partial charge on any atom is 0.234 e. The van der Waals surface area contributed by atoms with Crippen molar-refractivity contribution >= 4 is 11.8 Å². The average Bonchev–Trinajstić information content (AvgIpc) is 2.55. The predicted octanol–water partition coefficient (Wildman–Crippen LogP) is 2.12. The molecule has 138 valence electrons. The molecule has 0 spiro atoms. The van der Waals surface area contributed by atoms with Crippen molar-refractivity contribution in [1.29, 1.82) is 0 Å². The Balaban J connectivity index is 1.71. The summed E-state index contributed by atoms with van der Waals surface area (Å²) in [5.74, 6) is 1.81. The van der Waals surface area contributed by atoms with Crippen LogP contribution in [0, 0.1) is 17.8 Å². The van der Waals surface area contributed by atoms with Gasteiger partial charge in [0.1, 0.15) is 0 Å². The van der Waals surface area contributed by atoms with Crippen LogP contribution in [0.1, 0.15) is 53.4 Å². The molecule has 2 aliphatic heterocycles. The van der Waals surface area contributed by atoms with Crippen LogP contribution in [0.15, 0.2) is 0 Å². The van der Waals surface area contributed by atoms with E-state index in [2.05, 4.69) is 35.9 Å². The molecule has 0 aromatic carbocycles. The van der Waals surface area contributed by atoms with Crippen LogP contribution in [0.3, 0.4) is 0 Å². The molecule has 2 heterocycles. The minimum absolute atomic E-state index is 0.103. The Morgan fingerprint density at radius 2 is 1.58 bits per heavy atom. The van der Waals surface area contributed by atoms with Crippen LogP contribution in [0.2, 0.25) is 0 Å². The van der Waals surface area contributed by atoms with Crippen molar-refractivity contribution in [3.63, 3.8) is 0 Å². The lowest BCUT2D eigenvalue weighted by atomic mass is 9.92. The monoisotopic (exact) mass is 337 g/mol. The molecule has 1 atom stereocenters. The van der Waals surface area contributed by atoms with Gasteiger partial charge in [0.25, 0.3) is 0 Å². The number of carbonyl (C=O) groups excluding carboxylic acids is 2. The smallest absolute Gasteiger partial charge is 0.234 e. The Hall–Kier alpha value is -1.10. The van der Waals surface area contributed by atoms with E-state index in [9.17, 15) is 9.59 Å². The molecular formula is C19H35N3O2. The minimum atomic E-state index is 0.103. The van der Waals surface area contributed by atoms with Crippen molar-refractivity contribution in [1.82, 2.24) is 15.1 Å². The number of piperidine rings is 2. The summed E-state index contributed by atoms with van der Waals surface area (Å²) < 4.78 is 0. The van der Waals surface area contributed by atoms with Crippen molar-refractivity contribution in [2.45, 2.75) is 59.4 Å². The van der Waals surface area contributed by atoms with Crippen molar-refractivity contribution < 1.29 is 9.59 Å². The predicted molar refractivity (Wildman–Crippen MR) is 96.6 cm³/mol. The summed E-state index contributed by atoms with van der Waals surface area (Å²) in [6.07, 6.45) is 4.05. The van der Waals surface area contributed by atoms with Crippen molar-refractivity contribution in [3.05, 3.63) is 0 Å². The Kier molecular flexibility index (Phi) is 7.08. The van der Waals surface area contributed by atoms with Crippen molar-refractivity contribution in [3.8, 4) is 0 Å². The third kappa shape index (κ3) is 5.47. The molecule has 1 N–H and O–H groups in total. The zero-order valence-electron chi connectivity index (χ0n) is 15.9. The number of nitrogens with one attached hydrogen (secondary N) is 1. The van der Waals surface area contributed by atoms with E-state index < -0.39 is 0 Å². The molecule has 0 saturated carbocycles. The fourth-order valence-corrected chi connectivity index (χ4v) is 3.49. The molecule has 1 unspecified atom stereocenters. The first-order chi connectivity index (χ1) is 11.4. The SMILES string of the molecule is CC1CCN(C(=O)C2CCN(CC(=O)NC(C)C(C)C)CC2)CC1. The van der Waals surface area contributed by atoms with Crippen LogP contribution in [-0.2, 0) is 9.59 Å². The fourth-order valence-electron chi connectivity index (χ4n) is 3.49. The highest BCUT2D eigenvalue weighted by Gasteiger charge is 2.30. The number of carbonyl (C=O) groups is 2. The fraction of sp³-hybridized carbons (Fsp3) is 0.895. The van der Waals surface area contributed by atoms with Gasteiger partial charge in [-0.15, -0.1) is 0 Å². The molecule has 2 aliphatic rings. The van der Waals surface area contributed by atoms with Crippen LogP contribution >= 0.6 is 0 Å². The molecule has 5 nitrogen and oxygen atoms in total. The van der Waals surface area contributed by atoms with Gasteiger partial charge in [-0.2, -0.15) is 0 Å². The summed E-state index contributed by atoms with van der Waals surface area (Å²) in [4.78, 5) is 29.0. The lowest BCUT2D eigenvalue weighted by Crippen LogP contribution is -2.48. The Bertz CT molecular complexity index is 422. The van der Waals surface area contributed by atoms with E-state index in [-0.39, 0.29) is 17.9 Å². The van der Waals surface area contributed by atoms with Crippen molar-refractivity contribution in [2.24, 2.45) is 17.8 Å². The normalized spacial score (nSPS) is 22.6. The summed E-state index contributed by atoms with van der Waals surface area (Å²) >= 11 is 0. The van der Waals surface area contributed by atoms with E-state index in [0.717, 1.165) is 57.8 Å². The number of hydrogen-bond donors (Lipinski definition) is 1. The van der Waals surface area contributed by atoms with Gasteiger partial charge in [0.2, 0.25) is 11.8 Å². The molecule has 0 aromatic rings. The molecule has 0 aliphatic carbocycles. The lowest BCUT2D eigenvalue weighted by Gasteiger charge is -2.36. The van der Waals surface area contributed by atoms with Gasteiger partial charge >= 0.3 is 0 Å². The van der Waals surface area contributed by atoms with Gasteiger partial charge in [-0.25, -0.2) is 0 Å². The van der Waals surface area contributed by atoms with E-state index in [0.29, 0.717) is 18.4 Å². The van der Waals surface area contributed by atoms with Gasteiger partial charge in [-0.1, -0.05) is 20.8 Å². The Morgan fingerprint density at radius 1 is 1.00 bits per heavy atom. The molecule has 2 amide bonds. The maximum absolute atomic E-state index is 12.6. The van der Waals surface area contributed by atoms with E-state index in [1.54, 1.807) is 0 Å². The largest absolute Gasteiger partial charge is 0.352 e. The molecule has 2 saturated heterocycles. The molecule has 5 heteroatoms. The maximum atomic E-state index is 12.6. The van der Waals surface area contributed by atoms with Crippen LogP contribution in [-0.4, -0.2) is 60.4 Å². The quantitative estimate of drug-likeness (QED) is 0.836. The summed E-state index contributed by atoms with van der Waals surface area (Å²) in [6, 6.07) is 0.207. The first-order valence-electron chi connectivity index (χ1n) is 9.67. The van der Waals surface area contributed by atoms with E-state index >= 15 is 0 Å². The lowest BCUT2D eigenvalue weighted by molar-refractivity contribution is -0.138. The minimum Gasteiger partial charge on any atom is -0.352 e. The number of likely N-dealkylation sites (tertiary alicyclic amines) is 2. The van der Waals surface area contributed by atoms with Gasteiger partial charge in [0, 0.05) is 25.0 Å². The Morgan fingerprint density at radius 3 is 2.12 bits per heavy atom. The van der Waals surface area contributed by atoms with E-state index in [4.69, 9.17) is 0 Å². The topological polar surface area (TPSA) is 52.7 Å². The number of hydrogen-bond acceptors (Lipinski definition) is 3. The summed E-state index contributed by atoms with van der Waals surface area (Å²) in [7, 11) is 0. The molecule has 0 aromatic heterocycles. The van der Waals surface area contributed by atoms with E-state index in [1.807, 2.05) is 6.92 Å². The van der Waals surface area contributed by atoms with Gasteiger partial charge in [0.05, 0.1) is 6.54 Å². The summed E-state index contributed by atoms with van der Waals surface area (Å²) in [5, 5.41) is 3.06. The van der Waals surface area contributed by atoms with Crippen LogP contribution < -0.4 is 5.32 Å². The van der Waals surface area contributed by atoms with Crippen molar-refractivity contribution in [2.75, 3.05) is 32.7 Å². The molecule has 24 heavy (non-hydrogen) atoms. The second-order valence-corrected chi connectivity index (χ2v) is 8.16. The third-order valence-corrected chi connectivity index (χ3v) is 5.79. The molecule has 2 rings (SSSR count). The highest BCUT2D eigenvalue weighted by Crippen LogP contribution is 2.23. The molecular weight excluding hydrogens is 302 g/mol. The second-order valence-electron chi connectivity index (χ2n) is 8.16. The van der Waals surface area contributed by atoms with Crippen LogP contribution in [0.25, 0.3) is 0 Å². The van der Waals surface area contributed by atoms with Gasteiger partial charge in [-0.05, 0) is 57.5 Å². The third-order valence-electron chi connectivity index (χ3n) is 5.79. The zero-order valence-corrected chi connectivity index (χ0v) is 15.9. The number of rotatable bonds is 5. The first-order valence-corrected chi connectivity index (χ1v) is 9.67.